The molecule has 0 bridgehead atoms. The molecule has 2 nitrogen and oxygen atoms in total. The van der Waals surface area contributed by atoms with Gasteiger partial charge < -0.3 is 5.11 Å². The Balaban J connectivity index is 3.20. The Hall–Kier alpha value is -1.32. The number of hydrogen-bond acceptors (Lipinski definition) is 1. The second-order valence-electron chi connectivity index (χ2n) is 2.04. The standard InChI is InChI=1S/C7H4BFO2/c8-6-3-4(9)1-2-5(6)7(10)11/h1-3H,(H,10,11). The first-order valence-corrected chi connectivity index (χ1v) is 2.89. The summed E-state index contributed by atoms with van der Waals surface area (Å²) in [5.41, 5.74) is -0.135. The van der Waals surface area contributed by atoms with Crippen LogP contribution in [0.5, 0.6) is 0 Å². The molecular formula is C7H4BFO2. The van der Waals surface area contributed by atoms with Crippen LogP contribution in [0.15, 0.2) is 18.2 Å². The van der Waals surface area contributed by atoms with Crippen molar-refractivity contribution in [1.29, 1.82) is 0 Å². The molecule has 1 aromatic carbocycles. The third-order valence-corrected chi connectivity index (χ3v) is 1.24. The lowest BCUT2D eigenvalue weighted by Crippen LogP contribution is -2.15. The Morgan fingerprint density at radius 2 is 2.18 bits per heavy atom. The maximum atomic E-state index is 12.3. The minimum atomic E-state index is -1.15. The van der Waals surface area contributed by atoms with Gasteiger partial charge in [0.25, 0.3) is 0 Å². The molecule has 0 fully saturated rings. The molecule has 0 amide bonds. The normalized spacial score (nSPS) is 9.55. The molecule has 0 saturated carbocycles. The fourth-order valence-corrected chi connectivity index (χ4v) is 0.728. The zero-order valence-electron chi connectivity index (χ0n) is 5.54. The first-order chi connectivity index (χ1) is 5.11. The Morgan fingerprint density at radius 3 is 2.64 bits per heavy atom. The molecule has 0 saturated heterocycles. The summed E-state index contributed by atoms with van der Waals surface area (Å²) in [5.74, 6) is -1.69. The molecule has 1 rings (SSSR count). The summed E-state index contributed by atoms with van der Waals surface area (Å²) in [6.45, 7) is 0. The van der Waals surface area contributed by atoms with Gasteiger partial charge in [0.1, 0.15) is 13.7 Å². The van der Waals surface area contributed by atoms with Gasteiger partial charge in [0.2, 0.25) is 0 Å². The first-order valence-electron chi connectivity index (χ1n) is 2.89. The topological polar surface area (TPSA) is 37.3 Å². The number of carboxylic acids is 1. The highest BCUT2D eigenvalue weighted by Crippen LogP contribution is 1.98. The molecule has 0 aliphatic heterocycles. The summed E-state index contributed by atoms with van der Waals surface area (Å²) < 4.78 is 12.3. The zero-order valence-corrected chi connectivity index (χ0v) is 5.54. The van der Waals surface area contributed by atoms with Gasteiger partial charge in [-0.3, -0.25) is 0 Å². The summed E-state index contributed by atoms with van der Waals surface area (Å²) in [6, 6.07) is 3.16. The fraction of sp³-hybridized carbons (Fsp3) is 0. The van der Waals surface area contributed by atoms with Crippen molar-refractivity contribution in [3.63, 3.8) is 0 Å². The minimum absolute atomic E-state index is 0.0579. The van der Waals surface area contributed by atoms with Gasteiger partial charge in [0, 0.05) is 0 Å². The molecule has 0 unspecified atom stereocenters. The second kappa shape index (κ2) is 2.74. The summed E-state index contributed by atoms with van der Waals surface area (Å²) in [5, 5.41) is 8.45. The van der Waals surface area contributed by atoms with Gasteiger partial charge in [0.05, 0.1) is 5.56 Å². The van der Waals surface area contributed by atoms with Crippen molar-refractivity contribution < 1.29 is 14.3 Å². The van der Waals surface area contributed by atoms with Crippen LogP contribution < -0.4 is 5.46 Å². The highest BCUT2D eigenvalue weighted by Gasteiger charge is 2.05. The molecule has 2 radical (unpaired) electrons. The Bertz CT molecular complexity index is 298. The van der Waals surface area contributed by atoms with Gasteiger partial charge >= 0.3 is 5.97 Å². The third kappa shape index (κ3) is 1.58. The van der Waals surface area contributed by atoms with Crippen LogP contribution in [0.1, 0.15) is 10.4 Å². The zero-order chi connectivity index (χ0) is 8.43. The smallest absolute Gasteiger partial charge is 0.335 e. The molecule has 1 N–H and O–H groups in total. The maximum absolute atomic E-state index is 12.3. The number of benzene rings is 1. The van der Waals surface area contributed by atoms with E-state index in [0.717, 1.165) is 18.2 Å². The van der Waals surface area contributed by atoms with Crippen LogP contribution in [0.25, 0.3) is 0 Å². The van der Waals surface area contributed by atoms with Crippen LogP contribution >= 0.6 is 0 Å². The van der Waals surface area contributed by atoms with Crippen molar-refractivity contribution in [2.45, 2.75) is 0 Å². The maximum Gasteiger partial charge on any atom is 0.335 e. The van der Waals surface area contributed by atoms with Crippen LogP contribution in [-0.2, 0) is 0 Å². The summed E-state index contributed by atoms with van der Waals surface area (Å²) >= 11 is 0. The van der Waals surface area contributed by atoms with Gasteiger partial charge in [0.15, 0.2) is 0 Å². The van der Waals surface area contributed by atoms with E-state index in [-0.39, 0.29) is 11.0 Å². The number of carboxylic acid groups (broad SMARTS) is 1. The Kier molecular flexibility index (Phi) is 1.94. The highest BCUT2D eigenvalue weighted by molar-refractivity contribution is 6.36. The van der Waals surface area contributed by atoms with Gasteiger partial charge in [-0.1, -0.05) is 5.46 Å². The molecular weight excluding hydrogens is 146 g/mol. The Labute approximate surface area is 64.1 Å². The lowest BCUT2D eigenvalue weighted by Gasteiger charge is -1.98. The van der Waals surface area contributed by atoms with Crippen molar-refractivity contribution >= 4 is 19.3 Å². The number of rotatable bonds is 1. The molecule has 11 heavy (non-hydrogen) atoms. The van der Waals surface area contributed by atoms with E-state index in [1.54, 1.807) is 0 Å². The van der Waals surface area contributed by atoms with Crippen LogP contribution in [-0.4, -0.2) is 18.9 Å². The van der Waals surface area contributed by atoms with E-state index >= 15 is 0 Å². The fourth-order valence-electron chi connectivity index (χ4n) is 0.728. The number of aromatic carboxylic acids is 1. The number of hydrogen-bond donors (Lipinski definition) is 1. The monoisotopic (exact) mass is 150 g/mol. The van der Waals surface area contributed by atoms with E-state index in [2.05, 4.69) is 0 Å². The summed E-state index contributed by atoms with van der Waals surface area (Å²) in [6.07, 6.45) is 0. The molecule has 54 valence electrons. The van der Waals surface area contributed by atoms with E-state index in [1.807, 2.05) is 0 Å². The van der Waals surface area contributed by atoms with Gasteiger partial charge in [-0.25, -0.2) is 9.18 Å². The van der Waals surface area contributed by atoms with Crippen molar-refractivity contribution in [2.75, 3.05) is 0 Å². The van der Waals surface area contributed by atoms with Crippen molar-refractivity contribution in [3.05, 3.63) is 29.6 Å². The van der Waals surface area contributed by atoms with E-state index in [1.165, 1.54) is 0 Å². The van der Waals surface area contributed by atoms with Gasteiger partial charge in [-0.05, 0) is 18.2 Å². The predicted octanol–water partition coefficient (Wildman–Crippen LogP) is 0.318. The largest absolute Gasteiger partial charge is 0.478 e. The van der Waals surface area contributed by atoms with E-state index < -0.39 is 11.8 Å². The van der Waals surface area contributed by atoms with Crippen LogP contribution in [0.4, 0.5) is 4.39 Å². The van der Waals surface area contributed by atoms with E-state index in [9.17, 15) is 9.18 Å². The molecule has 0 spiro atoms. The lowest BCUT2D eigenvalue weighted by atomic mass is 9.90. The second-order valence-corrected chi connectivity index (χ2v) is 2.04. The third-order valence-electron chi connectivity index (χ3n) is 1.24. The van der Waals surface area contributed by atoms with Gasteiger partial charge in [-0.2, -0.15) is 0 Å². The molecule has 0 heterocycles. The summed E-state index contributed by atoms with van der Waals surface area (Å²) in [7, 11) is 5.20. The molecule has 0 aromatic heterocycles. The molecule has 0 atom stereocenters. The minimum Gasteiger partial charge on any atom is -0.478 e. The van der Waals surface area contributed by atoms with Crippen molar-refractivity contribution in [2.24, 2.45) is 0 Å². The lowest BCUT2D eigenvalue weighted by molar-refractivity contribution is 0.0698. The predicted molar refractivity (Wildman–Crippen MR) is 38.7 cm³/mol. The van der Waals surface area contributed by atoms with Crippen molar-refractivity contribution in [1.82, 2.24) is 0 Å². The van der Waals surface area contributed by atoms with Crippen LogP contribution in [0.3, 0.4) is 0 Å². The highest BCUT2D eigenvalue weighted by atomic mass is 19.1. The van der Waals surface area contributed by atoms with Gasteiger partial charge in [-0.15, -0.1) is 0 Å². The van der Waals surface area contributed by atoms with Crippen LogP contribution in [0.2, 0.25) is 0 Å². The number of halogens is 1. The SMILES string of the molecule is [B]c1cc(F)ccc1C(=O)O. The molecule has 1 aromatic rings. The average Bonchev–Trinajstić information content (AvgIpc) is 1.85. The Morgan fingerprint density at radius 1 is 1.55 bits per heavy atom. The molecule has 0 aliphatic rings. The van der Waals surface area contributed by atoms with E-state index in [4.69, 9.17) is 13.0 Å². The average molecular weight is 150 g/mol. The summed E-state index contributed by atoms with van der Waals surface area (Å²) in [4.78, 5) is 10.3. The quantitative estimate of drug-likeness (QED) is 0.585. The number of carbonyl (C=O) groups is 1. The first kappa shape index (κ1) is 7.79. The molecule has 4 heteroatoms. The molecule has 0 aliphatic carbocycles. The van der Waals surface area contributed by atoms with Crippen LogP contribution in [0, 0.1) is 5.82 Å². The van der Waals surface area contributed by atoms with Crippen molar-refractivity contribution in [3.8, 4) is 0 Å². The van der Waals surface area contributed by atoms with E-state index in [0.29, 0.717) is 0 Å².